The average molecular weight is 1420 g/mol. The standard InChI is InChI=1S/C73H106O27/c1-32-13-15-38(16-14-32)17-20-47(78)94-56-35(4)90-66(62(60(56)91-37(6)75)92-42-27-33(2)48(79)52(83)51(42)82)98-67(87)73-26-25-68(7,8)28-40(73)39-18-19-44-69(9)23-22-46(70(10,31-74)43(69)21-24-71(44,11)72(39,12)29-45(73)77)93-65-61(97-64-55(86)53(84)59-57(95-64)36(5)99-100-59)58(49(80)34(3)89-65)96-63-54(85)50(81)41(76)30-88-63/h13-20,31,33-36,39-46,48-66,76-77,79-86H,21-30H2,1-12H3. The predicted molar refractivity (Wildman–Crippen MR) is 346 cm³/mol. The van der Waals surface area contributed by atoms with Crippen molar-refractivity contribution < 1.29 is 132 Å². The van der Waals surface area contributed by atoms with Gasteiger partial charge in [-0.2, -0.15) is 0 Å². The molecule has 5 heterocycles. The number of aldehydes is 1. The number of allylic oxidation sites excluding steroid dienone is 2. The Morgan fingerprint density at radius 2 is 1.26 bits per heavy atom. The Kier molecular flexibility index (Phi) is 21.5. The number of ether oxygens (including phenoxy) is 11. The minimum Gasteiger partial charge on any atom is -0.455 e. The number of rotatable bonds is 15. The summed E-state index contributed by atoms with van der Waals surface area (Å²) in [5, 5.41) is 114. The van der Waals surface area contributed by atoms with Crippen molar-refractivity contribution in [1.82, 2.24) is 0 Å². The molecule has 0 radical (unpaired) electrons. The van der Waals surface area contributed by atoms with Crippen LogP contribution in [0.2, 0.25) is 0 Å². The van der Waals surface area contributed by atoms with E-state index in [0.29, 0.717) is 44.1 Å². The number of aliphatic hydroxyl groups excluding tert-OH is 10. The van der Waals surface area contributed by atoms with Crippen LogP contribution in [-0.4, -0.2) is 241 Å². The lowest BCUT2D eigenvalue weighted by Crippen LogP contribution is -2.70. The van der Waals surface area contributed by atoms with Crippen LogP contribution in [0.1, 0.15) is 145 Å². The van der Waals surface area contributed by atoms with Crippen LogP contribution >= 0.6 is 0 Å². The summed E-state index contributed by atoms with van der Waals surface area (Å²) < 4.78 is 70.0. The lowest BCUT2D eigenvalue weighted by Gasteiger charge is -2.72. The Balaban J connectivity index is 0.829. The summed E-state index contributed by atoms with van der Waals surface area (Å²) in [6.45, 7) is 21.9. The summed E-state index contributed by atoms with van der Waals surface area (Å²) in [7, 11) is 0. The van der Waals surface area contributed by atoms with Crippen molar-refractivity contribution in [3.8, 4) is 0 Å². The maximum atomic E-state index is 16.0. The highest BCUT2D eigenvalue weighted by molar-refractivity contribution is 5.87. The zero-order chi connectivity index (χ0) is 72.4. The van der Waals surface area contributed by atoms with Gasteiger partial charge in [0.25, 0.3) is 0 Å². The van der Waals surface area contributed by atoms with Gasteiger partial charge in [-0.15, -0.1) is 0 Å². The molecule has 6 aliphatic carbocycles. The molecule has 5 saturated heterocycles. The first-order valence-corrected chi connectivity index (χ1v) is 35.8. The summed E-state index contributed by atoms with van der Waals surface area (Å²) in [5.74, 6) is -4.42. The van der Waals surface area contributed by atoms with Crippen LogP contribution in [0.15, 0.2) is 42.5 Å². The third kappa shape index (κ3) is 13.1. The van der Waals surface area contributed by atoms with Crippen molar-refractivity contribution in [1.29, 1.82) is 0 Å². The van der Waals surface area contributed by atoms with Crippen LogP contribution in [-0.2, 0) is 81.1 Å². The molecular formula is C73H106O27. The van der Waals surface area contributed by atoms with Gasteiger partial charge in [0.15, 0.2) is 43.3 Å². The second kappa shape index (κ2) is 28.4. The molecule has 0 bridgehead atoms. The number of fused-ring (bicyclic) bond motifs is 8. The molecule has 10 N–H and O–H groups in total. The second-order valence-corrected chi connectivity index (χ2v) is 32.8. The molecule has 36 atom stereocenters. The molecule has 0 spiro atoms. The molecule has 27 nitrogen and oxygen atoms in total. The van der Waals surface area contributed by atoms with Crippen LogP contribution < -0.4 is 0 Å². The fourth-order valence-corrected chi connectivity index (χ4v) is 20.0. The Morgan fingerprint density at radius 1 is 0.580 bits per heavy atom. The largest absolute Gasteiger partial charge is 0.455 e. The van der Waals surface area contributed by atoms with Gasteiger partial charge in [-0.1, -0.05) is 90.4 Å². The summed E-state index contributed by atoms with van der Waals surface area (Å²) >= 11 is 0. The Labute approximate surface area is 582 Å². The van der Waals surface area contributed by atoms with E-state index >= 15 is 4.79 Å². The SMILES string of the molecule is CC(=O)OC1C(OC(=O)C=Cc2ccc(C)cc2)C(C)OC(OC(=O)C23CCC(C)(C)CC2C2C=CC4C5(C)CCC(OC6OC(C)C(O)C(OC7OCC(O)C(O)C7O)C6OC6OC7C(C)OOC7C(O)C6O)C(C)(C=O)C5CCC4(C)C2(C)CC3O)C1OC1CC(C)C(O)C(O)C1O. The molecule has 1 aromatic carbocycles. The minimum atomic E-state index is -1.80. The summed E-state index contributed by atoms with van der Waals surface area (Å²) in [5.41, 5.74) is -3.26. The number of aliphatic hydroxyl groups is 10. The molecule has 0 aromatic heterocycles. The summed E-state index contributed by atoms with van der Waals surface area (Å²) in [6.07, 6.45) is -25.4. The van der Waals surface area contributed by atoms with Crippen LogP contribution in [0.25, 0.3) is 6.08 Å². The monoisotopic (exact) mass is 1410 g/mol. The van der Waals surface area contributed by atoms with Crippen molar-refractivity contribution in [2.75, 3.05) is 6.61 Å². The maximum Gasteiger partial charge on any atom is 0.331 e. The van der Waals surface area contributed by atoms with Gasteiger partial charge in [-0.25, -0.2) is 14.6 Å². The average Bonchev–Trinajstić information content (AvgIpc) is 0.746. The number of benzene rings is 1. The quantitative estimate of drug-likeness (QED) is 0.0229. The zero-order valence-corrected chi connectivity index (χ0v) is 59.1. The first kappa shape index (κ1) is 75.7. The van der Waals surface area contributed by atoms with Crippen molar-refractivity contribution in [2.24, 2.45) is 62.1 Å². The molecular weight excluding hydrogens is 1310 g/mol. The zero-order valence-electron chi connectivity index (χ0n) is 59.1. The third-order valence-corrected chi connectivity index (χ3v) is 26.1. The first-order chi connectivity index (χ1) is 47.0. The molecule has 27 heteroatoms. The highest BCUT2D eigenvalue weighted by Crippen LogP contribution is 2.76. The highest BCUT2D eigenvalue weighted by Gasteiger charge is 2.74. The molecule has 10 fully saturated rings. The summed E-state index contributed by atoms with van der Waals surface area (Å²) in [4.78, 5) is 67.9. The Morgan fingerprint density at radius 3 is 1.96 bits per heavy atom. The van der Waals surface area contributed by atoms with Crippen LogP contribution in [0.3, 0.4) is 0 Å². The number of esters is 3. The number of hydrogen-bond acceptors (Lipinski definition) is 27. The van der Waals surface area contributed by atoms with E-state index in [0.717, 1.165) is 18.8 Å². The normalized spacial score (nSPS) is 51.3. The van der Waals surface area contributed by atoms with Crippen LogP contribution in [0, 0.1) is 69.0 Å². The van der Waals surface area contributed by atoms with Gasteiger partial charge in [-0.05, 0) is 148 Å². The first-order valence-electron chi connectivity index (χ1n) is 35.8. The van der Waals surface area contributed by atoms with E-state index in [1.165, 1.54) is 6.08 Å². The van der Waals surface area contributed by atoms with Crippen LogP contribution in [0.4, 0.5) is 0 Å². The molecule has 5 saturated carbocycles. The maximum absolute atomic E-state index is 16.0. The predicted octanol–water partition coefficient (Wildman–Crippen LogP) is 2.69. The lowest BCUT2D eigenvalue weighted by molar-refractivity contribution is -0.392. The van der Waals surface area contributed by atoms with E-state index in [1.807, 2.05) is 38.1 Å². The van der Waals surface area contributed by atoms with E-state index < -0.39 is 223 Å². The van der Waals surface area contributed by atoms with Gasteiger partial charge < -0.3 is 108 Å². The third-order valence-electron chi connectivity index (χ3n) is 26.1. The molecule has 11 aliphatic rings. The highest BCUT2D eigenvalue weighted by atomic mass is 17.2. The van der Waals surface area contributed by atoms with Gasteiger partial charge in [0, 0.05) is 13.0 Å². The van der Waals surface area contributed by atoms with Gasteiger partial charge in [-0.3, -0.25) is 9.59 Å². The minimum absolute atomic E-state index is 0.000475. The second-order valence-electron chi connectivity index (χ2n) is 32.8. The van der Waals surface area contributed by atoms with E-state index in [2.05, 4.69) is 46.8 Å². The van der Waals surface area contributed by atoms with Gasteiger partial charge in [0.05, 0.1) is 54.1 Å². The van der Waals surface area contributed by atoms with Crippen molar-refractivity contribution >= 4 is 30.3 Å². The Bertz CT molecular complexity index is 3170. The van der Waals surface area contributed by atoms with Gasteiger partial charge in [0.1, 0.15) is 79.5 Å². The van der Waals surface area contributed by atoms with Crippen molar-refractivity contribution in [3.05, 3.63) is 53.6 Å². The van der Waals surface area contributed by atoms with Gasteiger partial charge >= 0.3 is 17.9 Å². The molecule has 36 unspecified atom stereocenters. The molecule has 12 rings (SSSR count). The topological polar surface area (TPSA) is 391 Å². The molecule has 0 amide bonds. The number of carbonyl (C=O) groups excluding carboxylic acids is 4. The fraction of sp³-hybridized carbons (Fsp3) is 0.808. The van der Waals surface area contributed by atoms with E-state index in [1.54, 1.807) is 33.8 Å². The van der Waals surface area contributed by atoms with Crippen LogP contribution in [0.5, 0.6) is 0 Å². The molecule has 100 heavy (non-hydrogen) atoms. The fourth-order valence-electron chi connectivity index (χ4n) is 20.0. The molecule has 1 aromatic rings. The molecule has 560 valence electrons. The smallest absolute Gasteiger partial charge is 0.331 e. The van der Waals surface area contributed by atoms with Gasteiger partial charge in [0.2, 0.25) is 6.29 Å². The number of aryl methyl sites for hydroxylation is 1. The van der Waals surface area contributed by atoms with E-state index in [4.69, 9.17) is 61.9 Å². The van der Waals surface area contributed by atoms with Crippen molar-refractivity contribution in [2.45, 2.75) is 300 Å². The Hall–Kier alpha value is -4.02. The summed E-state index contributed by atoms with van der Waals surface area (Å²) in [6, 6.07) is 7.42. The van der Waals surface area contributed by atoms with E-state index in [-0.39, 0.29) is 42.4 Å². The number of carbonyl (C=O) groups is 4. The molecule has 5 aliphatic heterocycles. The number of hydrogen-bond donors (Lipinski definition) is 10. The van der Waals surface area contributed by atoms with E-state index in [9.17, 15) is 65.4 Å². The lowest BCUT2D eigenvalue weighted by atomic mass is 9.32. The van der Waals surface area contributed by atoms with Crippen molar-refractivity contribution in [3.63, 3.8) is 0 Å².